The number of rotatable bonds is 6. The number of carbonyl (C=O) groups is 2. The number of benzene rings is 2. The summed E-state index contributed by atoms with van der Waals surface area (Å²) in [4.78, 5) is 25.9. The Morgan fingerprint density at radius 2 is 1.54 bits per heavy atom. The number of aliphatic hydroxyl groups excluding tert-OH is 1. The highest BCUT2D eigenvalue weighted by Crippen LogP contribution is 2.59. The van der Waals surface area contributed by atoms with Crippen LogP contribution in [0.4, 0.5) is 0 Å². The van der Waals surface area contributed by atoms with Gasteiger partial charge in [-0.2, -0.15) is 10.5 Å². The summed E-state index contributed by atoms with van der Waals surface area (Å²) in [7, 11) is 2.26. The van der Waals surface area contributed by atoms with Crippen molar-refractivity contribution < 1.29 is 28.9 Å². The molecule has 0 heterocycles. The molecule has 0 amide bonds. The van der Waals surface area contributed by atoms with E-state index in [2.05, 4.69) is 12.1 Å². The lowest BCUT2D eigenvalue weighted by molar-refractivity contribution is -0.147. The summed E-state index contributed by atoms with van der Waals surface area (Å²) in [6, 6.07) is 17.7. The smallest absolute Gasteiger partial charge is 0.337 e. The zero-order valence-electron chi connectivity index (χ0n) is 19.9. The molecular weight excluding hydrogens is 448 g/mol. The minimum absolute atomic E-state index is 0.322. The van der Waals surface area contributed by atoms with Gasteiger partial charge in [0.05, 0.1) is 44.5 Å². The number of carbonyl (C=O) groups excluding carboxylic acids is 2. The second-order valence-corrected chi connectivity index (χ2v) is 8.21. The van der Waals surface area contributed by atoms with Gasteiger partial charge in [0.1, 0.15) is 17.4 Å². The van der Waals surface area contributed by atoms with Crippen LogP contribution in [0.5, 0.6) is 5.75 Å². The predicted molar refractivity (Wildman–Crippen MR) is 125 cm³/mol. The van der Waals surface area contributed by atoms with Crippen LogP contribution >= 0.6 is 0 Å². The summed E-state index contributed by atoms with van der Waals surface area (Å²) in [6.45, 7) is 4.15. The Morgan fingerprint density at radius 1 is 0.971 bits per heavy atom. The van der Waals surface area contributed by atoms with Gasteiger partial charge < -0.3 is 19.3 Å². The molecule has 35 heavy (non-hydrogen) atoms. The van der Waals surface area contributed by atoms with Gasteiger partial charge in [-0.3, -0.25) is 4.79 Å². The molecule has 1 aliphatic rings. The average molecular weight is 475 g/mol. The van der Waals surface area contributed by atoms with Gasteiger partial charge in [-0.1, -0.05) is 42.0 Å². The van der Waals surface area contributed by atoms with Gasteiger partial charge in [0.25, 0.3) is 0 Å². The number of aliphatic hydroxyl groups is 1. The highest BCUT2D eigenvalue weighted by Gasteiger charge is 2.61. The zero-order valence-corrected chi connectivity index (χ0v) is 19.9. The molecule has 0 saturated carbocycles. The monoisotopic (exact) mass is 474 g/mol. The standard InChI is InChI=1S/C27H26N2O6/c1-5-35-19-12-10-18(11-13-19)23-21(26(32)34-4)24(30)20(25(31)33-3)22(27(23,14-28)15-29)17-8-6-16(2)7-9-17/h6-13,21-23,30H,5H2,1-4H3/t21-,22-,23-/m1/s1. The molecule has 0 unspecified atom stereocenters. The Labute approximate surface area is 204 Å². The second-order valence-electron chi connectivity index (χ2n) is 8.21. The summed E-state index contributed by atoms with van der Waals surface area (Å²) in [6.07, 6.45) is 0. The number of hydrogen-bond acceptors (Lipinski definition) is 8. The number of nitrogens with zero attached hydrogens (tertiary/aromatic N) is 2. The third kappa shape index (κ3) is 4.31. The summed E-state index contributed by atoms with van der Waals surface area (Å²) < 4.78 is 15.4. The van der Waals surface area contributed by atoms with Crippen LogP contribution in [0.25, 0.3) is 0 Å². The zero-order chi connectivity index (χ0) is 25.8. The lowest BCUT2D eigenvalue weighted by Crippen LogP contribution is -2.47. The second kappa shape index (κ2) is 10.3. The van der Waals surface area contributed by atoms with Crippen molar-refractivity contribution in [2.24, 2.45) is 11.3 Å². The van der Waals surface area contributed by atoms with E-state index in [9.17, 15) is 25.2 Å². The van der Waals surface area contributed by atoms with Crippen molar-refractivity contribution in [2.45, 2.75) is 25.7 Å². The van der Waals surface area contributed by atoms with Crippen LogP contribution in [0.3, 0.4) is 0 Å². The van der Waals surface area contributed by atoms with Crippen molar-refractivity contribution in [1.29, 1.82) is 10.5 Å². The SMILES string of the molecule is CCOc1ccc([C@@H]2[C@@H](C(=O)OC)C(O)=C(C(=O)OC)[C@@H](c3ccc(C)cc3)C2(C#N)C#N)cc1. The highest BCUT2D eigenvalue weighted by molar-refractivity contribution is 5.94. The van der Waals surface area contributed by atoms with Gasteiger partial charge >= 0.3 is 11.9 Å². The molecule has 2 aromatic rings. The largest absolute Gasteiger partial charge is 0.511 e. The van der Waals surface area contributed by atoms with Crippen molar-refractivity contribution in [2.75, 3.05) is 20.8 Å². The van der Waals surface area contributed by atoms with E-state index in [1.165, 1.54) is 0 Å². The maximum Gasteiger partial charge on any atom is 0.337 e. The lowest BCUT2D eigenvalue weighted by Gasteiger charge is -2.44. The van der Waals surface area contributed by atoms with E-state index in [0.29, 0.717) is 23.5 Å². The van der Waals surface area contributed by atoms with Gasteiger partial charge in [0.2, 0.25) is 0 Å². The molecule has 0 aromatic heterocycles. The van der Waals surface area contributed by atoms with Gasteiger partial charge in [0.15, 0.2) is 5.41 Å². The molecular formula is C27H26N2O6. The topological polar surface area (TPSA) is 130 Å². The quantitative estimate of drug-likeness (QED) is 0.620. The maximum atomic E-state index is 13.0. The fourth-order valence-electron chi connectivity index (χ4n) is 4.73. The molecule has 0 spiro atoms. The summed E-state index contributed by atoms with van der Waals surface area (Å²) in [5.41, 5.74) is -0.495. The summed E-state index contributed by atoms with van der Waals surface area (Å²) in [5, 5.41) is 32.4. The lowest BCUT2D eigenvalue weighted by atomic mass is 9.54. The number of methoxy groups -OCH3 is 2. The molecule has 0 saturated heterocycles. The van der Waals surface area contributed by atoms with E-state index < -0.39 is 40.9 Å². The molecule has 0 bridgehead atoms. The van der Waals surface area contributed by atoms with Crippen molar-refractivity contribution in [3.63, 3.8) is 0 Å². The summed E-state index contributed by atoms with van der Waals surface area (Å²) in [5.74, 6) is -5.72. The number of nitriles is 2. The Morgan fingerprint density at radius 3 is 2.03 bits per heavy atom. The molecule has 0 aliphatic heterocycles. The van der Waals surface area contributed by atoms with Gasteiger partial charge in [-0.05, 0) is 37.1 Å². The van der Waals surface area contributed by atoms with E-state index >= 15 is 0 Å². The molecule has 1 N–H and O–H groups in total. The fourth-order valence-corrected chi connectivity index (χ4v) is 4.73. The van der Waals surface area contributed by atoms with Crippen LogP contribution in [0.2, 0.25) is 0 Å². The molecule has 3 atom stereocenters. The van der Waals surface area contributed by atoms with Crippen LogP contribution in [0.1, 0.15) is 35.4 Å². The Hall–Kier alpha value is -4.30. The van der Waals surface area contributed by atoms with Crippen LogP contribution in [-0.4, -0.2) is 37.9 Å². The molecule has 2 aromatic carbocycles. The first-order chi connectivity index (χ1) is 16.8. The fraction of sp³-hybridized carbons (Fsp3) is 0.333. The number of hydrogen-bond donors (Lipinski definition) is 1. The first-order valence-electron chi connectivity index (χ1n) is 11.0. The van der Waals surface area contributed by atoms with E-state index in [4.69, 9.17) is 14.2 Å². The minimum Gasteiger partial charge on any atom is -0.511 e. The molecule has 1 aliphatic carbocycles. The van der Waals surface area contributed by atoms with Gasteiger partial charge in [-0.15, -0.1) is 0 Å². The van der Waals surface area contributed by atoms with E-state index in [-0.39, 0.29) is 5.57 Å². The molecule has 0 radical (unpaired) electrons. The number of esters is 2. The molecule has 8 nitrogen and oxygen atoms in total. The average Bonchev–Trinajstić information content (AvgIpc) is 2.88. The highest BCUT2D eigenvalue weighted by atomic mass is 16.5. The molecule has 8 heteroatoms. The van der Waals surface area contributed by atoms with E-state index in [1.807, 2.05) is 13.8 Å². The van der Waals surface area contributed by atoms with Crippen molar-refractivity contribution in [1.82, 2.24) is 0 Å². The normalized spacial score (nSPS) is 20.8. The number of aryl methyl sites for hydroxylation is 1. The minimum atomic E-state index is -1.98. The first kappa shape index (κ1) is 25.3. The third-order valence-electron chi connectivity index (χ3n) is 6.33. The van der Waals surface area contributed by atoms with Crippen molar-refractivity contribution in [3.05, 3.63) is 76.6 Å². The Bertz CT molecular complexity index is 1200. The van der Waals surface area contributed by atoms with Gasteiger partial charge in [-0.25, -0.2) is 4.79 Å². The number of ether oxygens (including phenoxy) is 3. The summed E-state index contributed by atoms with van der Waals surface area (Å²) >= 11 is 0. The third-order valence-corrected chi connectivity index (χ3v) is 6.33. The van der Waals surface area contributed by atoms with E-state index in [0.717, 1.165) is 19.8 Å². The molecule has 180 valence electrons. The first-order valence-corrected chi connectivity index (χ1v) is 11.0. The molecule has 0 fully saturated rings. The van der Waals surface area contributed by atoms with Gasteiger partial charge in [0, 0.05) is 5.92 Å². The predicted octanol–water partition coefficient (Wildman–Crippen LogP) is 4.08. The Kier molecular flexibility index (Phi) is 7.46. The Balaban J connectivity index is 2.42. The molecule has 3 rings (SSSR count). The van der Waals surface area contributed by atoms with Crippen LogP contribution in [0.15, 0.2) is 59.9 Å². The maximum absolute atomic E-state index is 13.0. The van der Waals surface area contributed by atoms with Crippen LogP contribution < -0.4 is 4.74 Å². The van der Waals surface area contributed by atoms with Crippen LogP contribution in [0, 0.1) is 40.9 Å². The van der Waals surface area contributed by atoms with Crippen LogP contribution in [-0.2, 0) is 19.1 Å². The van der Waals surface area contributed by atoms with Crippen molar-refractivity contribution >= 4 is 11.9 Å². The van der Waals surface area contributed by atoms with E-state index in [1.54, 1.807) is 48.5 Å². The van der Waals surface area contributed by atoms with Crippen molar-refractivity contribution in [3.8, 4) is 17.9 Å².